The molecule has 0 fully saturated rings. The average molecular weight is 414 g/mol. The number of benzene rings is 1. The zero-order chi connectivity index (χ0) is 20.3. The Bertz CT molecular complexity index is 993. The molecule has 2 aromatic heterocycles. The fourth-order valence-electron chi connectivity index (χ4n) is 2.57. The molecule has 0 atom stereocenters. The van der Waals surface area contributed by atoms with Crippen LogP contribution in [0.15, 0.2) is 33.0 Å². The number of hydrogen-bond donors (Lipinski definition) is 2. The van der Waals surface area contributed by atoms with Crippen LogP contribution in [0, 0.1) is 12.7 Å². The van der Waals surface area contributed by atoms with Crippen molar-refractivity contribution in [2.45, 2.75) is 33.1 Å². The van der Waals surface area contributed by atoms with Crippen LogP contribution in [-0.2, 0) is 19.3 Å². The molecule has 0 aliphatic carbocycles. The Morgan fingerprint density at radius 3 is 2.75 bits per heavy atom. The topological polar surface area (TPSA) is 62.5 Å². The SMILES string of the molecule is CCNC(=NCc1oc2ccc(F)cc2c1C)NCc1nc(C(F)(F)F)cs1. The van der Waals surface area contributed by atoms with Gasteiger partial charge in [0.1, 0.15) is 28.7 Å². The van der Waals surface area contributed by atoms with E-state index < -0.39 is 11.9 Å². The second-order valence-corrected chi connectivity index (χ2v) is 6.91. The second kappa shape index (κ2) is 8.17. The summed E-state index contributed by atoms with van der Waals surface area (Å²) in [7, 11) is 0. The monoisotopic (exact) mass is 414 g/mol. The van der Waals surface area contributed by atoms with Gasteiger partial charge in [0.05, 0.1) is 6.54 Å². The summed E-state index contributed by atoms with van der Waals surface area (Å²) in [4.78, 5) is 7.97. The van der Waals surface area contributed by atoms with Crippen LogP contribution in [0.5, 0.6) is 0 Å². The number of furan rings is 1. The van der Waals surface area contributed by atoms with Crippen molar-refractivity contribution in [1.29, 1.82) is 0 Å². The molecule has 0 aliphatic heterocycles. The minimum Gasteiger partial charge on any atom is -0.459 e. The fraction of sp³-hybridized carbons (Fsp3) is 0.333. The predicted molar refractivity (Wildman–Crippen MR) is 99.7 cm³/mol. The first-order valence-corrected chi connectivity index (χ1v) is 9.37. The predicted octanol–water partition coefficient (Wildman–Crippen LogP) is 4.61. The number of aromatic nitrogens is 1. The summed E-state index contributed by atoms with van der Waals surface area (Å²) in [6, 6.07) is 4.30. The van der Waals surface area contributed by atoms with Crippen LogP contribution in [0.25, 0.3) is 11.0 Å². The highest BCUT2D eigenvalue weighted by atomic mass is 32.1. The smallest absolute Gasteiger partial charge is 0.434 e. The number of hydrogen-bond acceptors (Lipinski definition) is 4. The third-order valence-corrected chi connectivity index (χ3v) is 4.82. The van der Waals surface area contributed by atoms with Gasteiger partial charge in [0.2, 0.25) is 0 Å². The molecule has 0 bridgehead atoms. The molecule has 150 valence electrons. The lowest BCUT2D eigenvalue weighted by atomic mass is 10.1. The molecule has 5 nitrogen and oxygen atoms in total. The summed E-state index contributed by atoms with van der Waals surface area (Å²) < 4.78 is 57.0. The zero-order valence-electron chi connectivity index (χ0n) is 15.2. The first-order valence-electron chi connectivity index (χ1n) is 8.49. The van der Waals surface area contributed by atoms with E-state index >= 15 is 0 Å². The van der Waals surface area contributed by atoms with Gasteiger partial charge in [-0.2, -0.15) is 13.2 Å². The Morgan fingerprint density at radius 1 is 1.29 bits per heavy atom. The van der Waals surface area contributed by atoms with Crippen molar-refractivity contribution in [1.82, 2.24) is 15.6 Å². The molecule has 3 aromatic rings. The highest BCUT2D eigenvalue weighted by Gasteiger charge is 2.33. The Balaban J connectivity index is 1.71. The molecule has 0 saturated carbocycles. The minimum absolute atomic E-state index is 0.108. The van der Waals surface area contributed by atoms with Crippen molar-refractivity contribution in [2.75, 3.05) is 6.54 Å². The van der Waals surface area contributed by atoms with E-state index in [2.05, 4.69) is 20.6 Å². The molecule has 0 aliphatic rings. The highest BCUT2D eigenvalue weighted by molar-refractivity contribution is 7.09. The minimum atomic E-state index is -4.45. The average Bonchev–Trinajstić information content (AvgIpc) is 3.23. The first-order chi connectivity index (χ1) is 13.3. The van der Waals surface area contributed by atoms with Crippen molar-refractivity contribution in [3.8, 4) is 0 Å². The maximum absolute atomic E-state index is 13.4. The van der Waals surface area contributed by atoms with Gasteiger partial charge < -0.3 is 15.1 Å². The van der Waals surface area contributed by atoms with Crippen LogP contribution in [0.4, 0.5) is 17.6 Å². The molecule has 2 heterocycles. The number of halogens is 4. The van der Waals surface area contributed by atoms with Gasteiger partial charge in [-0.05, 0) is 32.0 Å². The molecule has 0 unspecified atom stereocenters. The lowest BCUT2D eigenvalue weighted by Crippen LogP contribution is -2.36. The number of nitrogens with zero attached hydrogens (tertiary/aromatic N) is 2. The number of fused-ring (bicyclic) bond motifs is 1. The third-order valence-electron chi connectivity index (χ3n) is 3.97. The lowest BCUT2D eigenvalue weighted by Gasteiger charge is -2.09. The van der Waals surface area contributed by atoms with Gasteiger partial charge in [0.15, 0.2) is 11.7 Å². The maximum atomic E-state index is 13.4. The third kappa shape index (κ3) is 4.61. The van der Waals surface area contributed by atoms with Crippen LogP contribution in [0.1, 0.15) is 28.9 Å². The molecule has 1 aromatic carbocycles. The summed E-state index contributed by atoms with van der Waals surface area (Å²) in [6.07, 6.45) is -4.45. The number of guanidine groups is 1. The van der Waals surface area contributed by atoms with E-state index in [1.165, 1.54) is 12.1 Å². The van der Waals surface area contributed by atoms with Gasteiger partial charge in [-0.25, -0.2) is 14.4 Å². The van der Waals surface area contributed by atoms with Crippen LogP contribution < -0.4 is 10.6 Å². The van der Waals surface area contributed by atoms with E-state index in [0.29, 0.717) is 34.2 Å². The largest absolute Gasteiger partial charge is 0.459 e. The Labute approximate surface area is 162 Å². The Morgan fingerprint density at radius 2 is 2.07 bits per heavy atom. The summed E-state index contributed by atoms with van der Waals surface area (Å²) in [5, 5.41) is 7.94. The molecule has 3 rings (SSSR count). The van der Waals surface area contributed by atoms with E-state index in [4.69, 9.17) is 4.42 Å². The normalized spacial score (nSPS) is 12.6. The highest BCUT2D eigenvalue weighted by Crippen LogP contribution is 2.30. The van der Waals surface area contributed by atoms with Crippen molar-refractivity contribution in [3.63, 3.8) is 0 Å². The maximum Gasteiger partial charge on any atom is 0.434 e. The van der Waals surface area contributed by atoms with Gasteiger partial charge in [-0.15, -0.1) is 11.3 Å². The van der Waals surface area contributed by atoms with Crippen molar-refractivity contribution in [3.05, 3.63) is 51.4 Å². The molecule has 10 heteroatoms. The molecule has 2 N–H and O–H groups in total. The second-order valence-electron chi connectivity index (χ2n) is 5.96. The number of aliphatic imine (C=N–C) groups is 1. The molecule has 28 heavy (non-hydrogen) atoms. The van der Waals surface area contributed by atoms with Crippen LogP contribution in [0.2, 0.25) is 0 Å². The van der Waals surface area contributed by atoms with E-state index in [1.807, 2.05) is 13.8 Å². The number of aryl methyl sites for hydroxylation is 1. The van der Waals surface area contributed by atoms with Crippen LogP contribution in [0.3, 0.4) is 0 Å². The number of alkyl halides is 3. The van der Waals surface area contributed by atoms with Crippen molar-refractivity contribution >= 4 is 28.3 Å². The molecular weight excluding hydrogens is 396 g/mol. The van der Waals surface area contributed by atoms with Gasteiger partial charge in [-0.1, -0.05) is 0 Å². The van der Waals surface area contributed by atoms with Crippen LogP contribution in [-0.4, -0.2) is 17.5 Å². The quantitative estimate of drug-likeness (QED) is 0.364. The molecule has 0 saturated heterocycles. The summed E-state index contributed by atoms with van der Waals surface area (Å²) in [6.45, 7) is 4.57. The Kier molecular flexibility index (Phi) is 5.87. The molecule has 0 spiro atoms. The lowest BCUT2D eigenvalue weighted by molar-refractivity contribution is -0.140. The number of rotatable bonds is 5. The number of nitrogens with one attached hydrogen (secondary N) is 2. The van der Waals surface area contributed by atoms with Gasteiger partial charge >= 0.3 is 6.18 Å². The van der Waals surface area contributed by atoms with Crippen LogP contribution >= 0.6 is 11.3 Å². The summed E-state index contributed by atoms with van der Waals surface area (Å²) in [5.74, 6) is 0.659. The standard InChI is InChI=1S/C18H18F4N4OS/c1-3-23-17(25-8-16-26-15(9-28-16)18(20,21)22)24-7-14-10(2)12-6-11(19)4-5-13(12)27-14/h4-6,9H,3,7-8H2,1-2H3,(H2,23,24,25). The number of thiazole rings is 1. The van der Waals surface area contributed by atoms with Gasteiger partial charge in [-0.3, -0.25) is 0 Å². The molecule has 0 radical (unpaired) electrons. The van der Waals surface area contributed by atoms with E-state index in [1.54, 1.807) is 6.07 Å². The van der Waals surface area contributed by atoms with E-state index in [0.717, 1.165) is 22.3 Å². The van der Waals surface area contributed by atoms with Crippen molar-refractivity contribution in [2.24, 2.45) is 4.99 Å². The first kappa shape index (κ1) is 20.1. The summed E-state index contributed by atoms with van der Waals surface area (Å²) in [5.41, 5.74) is 0.467. The van der Waals surface area contributed by atoms with Crippen molar-refractivity contribution < 1.29 is 22.0 Å². The zero-order valence-corrected chi connectivity index (χ0v) is 16.0. The van der Waals surface area contributed by atoms with Gasteiger partial charge in [0, 0.05) is 22.9 Å². The molecular formula is C18H18F4N4OS. The summed E-state index contributed by atoms with van der Waals surface area (Å²) >= 11 is 0.927. The van der Waals surface area contributed by atoms with Gasteiger partial charge in [0.25, 0.3) is 0 Å². The van der Waals surface area contributed by atoms with E-state index in [9.17, 15) is 17.6 Å². The molecule has 0 amide bonds. The Hall–Kier alpha value is -2.62. The van der Waals surface area contributed by atoms with E-state index in [-0.39, 0.29) is 18.9 Å². The fourth-order valence-corrected chi connectivity index (χ4v) is 3.31.